The maximum atomic E-state index is 14.4. The number of halogens is 3. The number of amides is 4. The zero-order valence-corrected chi connectivity index (χ0v) is 30.8. The number of benzene rings is 2. The molecule has 52 heavy (non-hydrogen) atoms. The number of carbonyl (C=O) groups excluding carboxylic acids is 4. The Morgan fingerprint density at radius 3 is 2.19 bits per heavy atom. The van der Waals surface area contributed by atoms with Gasteiger partial charge in [0, 0.05) is 50.1 Å². The summed E-state index contributed by atoms with van der Waals surface area (Å²) in [4.78, 5) is 53.9. The molecule has 4 N–H and O–H groups in total. The van der Waals surface area contributed by atoms with E-state index in [-0.39, 0.29) is 65.6 Å². The number of nitrogens with one attached hydrogen (secondary N) is 4. The molecule has 1 saturated carbocycles. The van der Waals surface area contributed by atoms with E-state index in [1.165, 1.54) is 29.8 Å². The van der Waals surface area contributed by atoms with Gasteiger partial charge in [0.1, 0.15) is 12.1 Å². The lowest BCUT2D eigenvalue weighted by Gasteiger charge is -2.26. The number of rotatable bonds is 20. The molecule has 286 valence electrons. The molecule has 1 aliphatic heterocycles. The van der Waals surface area contributed by atoms with E-state index in [1.807, 2.05) is 25.1 Å². The fourth-order valence-electron chi connectivity index (χ4n) is 6.92. The summed E-state index contributed by atoms with van der Waals surface area (Å²) in [5.74, 6) is -1.52. The van der Waals surface area contributed by atoms with E-state index < -0.39 is 30.7 Å². The van der Waals surface area contributed by atoms with E-state index in [9.17, 15) is 32.3 Å². The summed E-state index contributed by atoms with van der Waals surface area (Å²) in [6.07, 6.45) is 3.49. The third-order valence-corrected chi connectivity index (χ3v) is 10.2. The monoisotopic (exact) mass is 727 g/mol. The van der Waals surface area contributed by atoms with Crippen molar-refractivity contribution in [2.75, 3.05) is 26.2 Å². The van der Waals surface area contributed by atoms with Crippen LogP contribution in [0, 0.1) is 11.8 Å². The summed E-state index contributed by atoms with van der Waals surface area (Å²) in [6.45, 7) is 6.58. The summed E-state index contributed by atoms with van der Waals surface area (Å²) >= 11 is 0. The summed E-state index contributed by atoms with van der Waals surface area (Å²) in [5.41, 5.74) is 1.28. The molecule has 2 aromatic rings. The van der Waals surface area contributed by atoms with E-state index in [0.717, 1.165) is 51.4 Å². The third-order valence-electron chi connectivity index (χ3n) is 10.2. The van der Waals surface area contributed by atoms with Crippen LogP contribution in [0.25, 0.3) is 0 Å². The SMILES string of the molecule is CCCCCCNC(=O)[C@H](CN[C@@H](c1ccc(C(=O)N2C[C@@H](C)[C@H](C(=O)N[C@H]3C[C@@H]3c3ccccc3)C2)cc1)C(F)(F)F)NC(=O)CCCCCC. The largest absolute Gasteiger partial charge is 0.407 e. The number of unbranched alkanes of at least 4 members (excludes halogenated alkanes) is 6. The molecule has 0 radical (unpaired) electrons. The first-order valence-corrected chi connectivity index (χ1v) is 19.0. The van der Waals surface area contributed by atoms with Gasteiger partial charge in [-0.15, -0.1) is 0 Å². The number of hydrogen-bond acceptors (Lipinski definition) is 5. The predicted molar refractivity (Wildman–Crippen MR) is 195 cm³/mol. The first kappa shape index (κ1) is 40.8. The molecule has 0 aromatic heterocycles. The van der Waals surface area contributed by atoms with Crippen LogP contribution in [0.2, 0.25) is 0 Å². The molecule has 4 rings (SSSR count). The molecular weight excluding hydrogens is 671 g/mol. The minimum absolute atomic E-state index is 0.0709. The highest BCUT2D eigenvalue weighted by Crippen LogP contribution is 2.41. The van der Waals surface area contributed by atoms with Gasteiger partial charge in [-0.05, 0) is 48.4 Å². The average Bonchev–Trinajstić information content (AvgIpc) is 3.78. The standard InChI is InChI=1S/C40H56F3N5O4/c1-4-6-8-13-17-35(49)46-34(38(51)44-22-14-9-7-5-2)24-45-36(40(41,42)43)29-18-20-30(21-19-29)39(52)48-25-27(3)32(26-48)37(50)47-33-23-31(33)28-15-11-10-12-16-28/h10-12,15-16,18-21,27,31-34,36,45H,4-9,13-14,17,22-26H2,1-3H3,(H,44,51)(H,46,49)(H,47,50)/t27-,31-,32-,33+,34+,36+/m1/s1. The fraction of sp³-hybridized carbons (Fsp3) is 0.600. The third kappa shape index (κ3) is 12.1. The minimum Gasteiger partial charge on any atom is -0.354 e. The first-order chi connectivity index (χ1) is 24.9. The zero-order chi connectivity index (χ0) is 37.7. The molecule has 12 heteroatoms. The molecule has 1 saturated heterocycles. The molecule has 4 amide bonds. The number of carbonyl (C=O) groups is 4. The maximum Gasteiger partial charge on any atom is 0.407 e. The molecule has 0 bridgehead atoms. The molecule has 2 aromatic carbocycles. The van der Waals surface area contributed by atoms with Gasteiger partial charge in [0.15, 0.2) is 0 Å². The Morgan fingerprint density at radius 2 is 1.54 bits per heavy atom. The molecular formula is C40H56F3N5O4. The average molecular weight is 728 g/mol. The van der Waals surface area contributed by atoms with Gasteiger partial charge in [0.05, 0.1) is 5.92 Å². The van der Waals surface area contributed by atoms with Crippen LogP contribution < -0.4 is 21.3 Å². The highest BCUT2D eigenvalue weighted by atomic mass is 19.4. The van der Waals surface area contributed by atoms with E-state index in [1.54, 1.807) is 4.90 Å². The lowest BCUT2D eigenvalue weighted by atomic mass is 9.97. The fourth-order valence-corrected chi connectivity index (χ4v) is 6.92. The van der Waals surface area contributed by atoms with Crippen LogP contribution in [-0.2, 0) is 14.4 Å². The normalized spacial score (nSPS) is 20.9. The van der Waals surface area contributed by atoms with Crippen molar-refractivity contribution in [3.8, 4) is 0 Å². The predicted octanol–water partition coefficient (Wildman–Crippen LogP) is 6.41. The van der Waals surface area contributed by atoms with Gasteiger partial charge in [0.2, 0.25) is 17.7 Å². The molecule has 6 atom stereocenters. The number of alkyl halides is 3. The van der Waals surface area contributed by atoms with Crippen LogP contribution in [0.15, 0.2) is 54.6 Å². The molecule has 1 aliphatic carbocycles. The van der Waals surface area contributed by atoms with Crippen molar-refractivity contribution >= 4 is 23.6 Å². The maximum absolute atomic E-state index is 14.4. The van der Waals surface area contributed by atoms with Crippen molar-refractivity contribution in [2.45, 2.75) is 115 Å². The van der Waals surface area contributed by atoms with Crippen LogP contribution in [0.5, 0.6) is 0 Å². The molecule has 0 spiro atoms. The second kappa shape index (κ2) is 19.8. The Bertz CT molecular complexity index is 1460. The van der Waals surface area contributed by atoms with Gasteiger partial charge < -0.3 is 20.9 Å². The number of nitrogens with zero attached hydrogens (tertiary/aromatic N) is 1. The molecule has 2 fully saturated rings. The van der Waals surface area contributed by atoms with Crippen molar-refractivity contribution in [3.05, 3.63) is 71.3 Å². The van der Waals surface area contributed by atoms with E-state index in [4.69, 9.17) is 0 Å². The van der Waals surface area contributed by atoms with Crippen LogP contribution in [0.4, 0.5) is 13.2 Å². The number of likely N-dealkylation sites (tertiary alicyclic amines) is 1. The smallest absolute Gasteiger partial charge is 0.354 e. The highest BCUT2D eigenvalue weighted by Gasteiger charge is 2.44. The van der Waals surface area contributed by atoms with Crippen LogP contribution in [-0.4, -0.2) is 73.0 Å². The second-order valence-corrected chi connectivity index (χ2v) is 14.4. The van der Waals surface area contributed by atoms with Gasteiger partial charge in [0.25, 0.3) is 5.91 Å². The Hall–Kier alpha value is -3.93. The topological polar surface area (TPSA) is 120 Å². The van der Waals surface area contributed by atoms with Crippen molar-refractivity contribution in [2.24, 2.45) is 11.8 Å². The lowest BCUT2D eigenvalue weighted by molar-refractivity contribution is -0.158. The van der Waals surface area contributed by atoms with Gasteiger partial charge >= 0.3 is 6.18 Å². The highest BCUT2D eigenvalue weighted by molar-refractivity contribution is 5.95. The van der Waals surface area contributed by atoms with E-state index in [0.29, 0.717) is 19.5 Å². The van der Waals surface area contributed by atoms with Crippen molar-refractivity contribution in [1.82, 2.24) is 26.2 Å². The Labute approximate surface area is 306 Å². The van der Waals surface area contributed by atoms with Crippen molar-refractivity contribution < 1.29 is 32.3 Å². The molecule has 0 unspecified atom stereocenters. The Balaban J connectivity index is 1.35. The van der Waals surface area contributed by atoms with Gasteiger partial charge in [-0.1, -0.05) is 102 Å². The minimum atomic E-state index is -4.72. The van der Waals surface area contributed by atoms with Crippen LogP contribution in [0.3, 0.4) is 0 Å². The van der Waals surface area contributed by atoms with Crippen LogP contribution in [0.1, 0.15) is 118 Å². The van der Waals surface area contributed by atoms with Crippen molar-refractivity contribution in [1.29, 1.82) is 0 Å². The first-order valence-electron chi connectivity index (χ1n) is 19.0. The van der Waals surface area contributed by atoms with Gasteiger partial charge in [-0.2, -0.15) is 13.2 Å². The molecule has 1 heterocycles. The Kier molecular flexibility index (Phi) is 15.5. The summed E-state index contributed by atoms with van der Waals surface area (Å²) < 4.78 is 43.2. The molecule has 9 nitrogen and oxygen atoms in total. The quantitative estimate of drug-likeness (QED) is 0.118. The van der Waals surface area contributed by atoms with Gasteiger partial charge in [-0.3, -0.25) is 24.5 Å². The summed E-state index contributed by atoms with van der Waals surface area (Å²) in [6, 6.07) is 12.0. The zero-order valence-electron chi connectivity index (χ0n) is 30.8. The second-order valence-electron chi connectivity index (χ2n) is 14.4. The number of hydrogen-bond donors (Lipinski definition) is 4. The summed E-state index contributed by atoms with van der Waals surface area (Å²) in [7, 11) is 0. The van der Waals surface area contributed by atoms with Crippen LogP contribution >= 0.6 is 0 Å². The summed E-state index contributed by atoms with van der Waals surface area (Å²) in [5, 5.41) is 11.0. The van der Waals surface area contributed by atoms with Crippen molar-refractivity contribution in [3.63, 3.8) is 0 Å². The van der Waals surface area contributed by atoms with E-state index in [2.05, 4.69) is 47.2 Å². The lowest BCUT2D eigenvalue weighted by Crippen LogP contribution is -2.53. The Morgan fingerprint density at radius 1 is 0.865 bits per heavy atom. The van der Waals surface area contributed by atoms with E-state index >= 15 is 0 Å². The van der Waals surface area contributed by atoms with Gasteiger partial charge in [-0.25, -0.2) is 0 Å². The molecule has 2 aliphatic rings.